The lowest BCUT2D eigenvalue weighted by atomic mass is 10.2. The molecule has 7 heteroatoms. The summed E-state index contributed by atoms with van der Waals surface area (Å²) >= 11 is 7.54. The molecule has 2 amide bonds. The van der Waals surface area contributed by atoms with Crippen molar-refractivity contribution in [3.8, 4) is 0 Å². The fourth-order valence-electron chi connectivity index (χ4n) is 1.65. The molecule has 0 bridgehead atoms. The zero-order valence-corrected chi connectivity index (χ0v) is 13.8. The molecule has 0 radical (unpaired) electrons. The van der Waals surface area contributed by atoms with Gasteiger partial charge in [-0.1, -0.05) is 35.9 Å². The highest BCUT2D eigenvalue weighted by molar-refractivity contribution is 7.98. The minimum Gasteiger partial charge on any atom is -0.316 e. The van der Waals surface area contributed by atoms with Gasteiger partial charge < -0.3 is 5.32 Å². The summed E-state index contributed by atoms with van der Waals surface area (Å²) in [5.74, 6) is -1.71. The van der Waals surface area contributed by atoms with Crippen molar-refractivity contribution >= 4 is 47.1 Å². The van der Waals surface area contributed by atoms with Crippen LogP contribution < -0.4 is 10.7 Å². The van der Waals surface area contributed by atoms with E-state index in [-0.39, 0.29) is 0 Å². The summed E-state index contributed by atoms with van der Waals surface area (Å²) in [7, 11) is 0. The molecular weight excluding hydrogens is 334 g/mol. The second kappa shape index (κ2) is 8.36. The average Bonchev–Trinajstić information content (AvgIpc) is 2.57. The Morgan fingerprint density at radius 2 is 1.78 bits per heavy atom. The van der Waals surface area contributed by atoms with Crippen LogP contribution in [-0.2, 0) is 9.59 Å². The van der Waals surface area contributed by atoms with E-state index in [4.69, 9.17) is 11.6 Å². The zero-order valence-electron chi connectivity index (χ0n) is 12.2. The molecule has 0 atom stereocenters. The number of hydrogen-bond acceptors (Lipinski definition) is 4. The maximum atomic E-state index is 11.7. The van der Waals surface area contributed by atoms with Gasteiger partial charge in [-0.2, -0.15) is 5.10 Å². The number of amides is 2. The smallest absolute Gasteiger partial charge is 0.316 e. The molecule has 23 heavy (non-hydrogen) atoms. The minimum atomic E-state index is -0.873. The first-order valence-corrected chi connectivity index (χ1v) is 8.23. The second-order valence-electron chi connectivity index (χ2n) is 4.41. The summed E-state index contributed by atoms with van der Waals surface area (Å²) in [4.78, 5) is 24.5. The molecule has 0 aliphatic carbocycles. The summed E-state index contributed by atoms with van der Waals surface area (Å²) in [6.45, 7) is 0. The molecule has 0 aliphatic rings. The van der Waals surface area contributed by atoms with Gasteiger partial charge in [-0.05, 0) is 36.1 Å². The molecule has 0 heterocycles. The summed E-state index contributed by atoms with van der Waals surface area (Å²) in [5.41, 5.74) is 3.35. The molecular formula is C16H14ClN3O2S. The van der Waals surface area contributed by atoms with E-state index in [0.717, 1.165) is 10.5 Å². The van der Waals surface area contributed by atoms with Gasteiger partial charge in [-0.15, -0.1) is 11.8 Å². The van der Waals surface area contributed by atoms with Crippen LogP contribution in [-0.4, -0.2) is 24.3 Å². The van der Waals surface area contributed by atoms with Crippen molar-refractivity contribution in [3.63, 3.8) is 0 Å². The maximum Gasteiger partial charge on any atom is 0.329 e. The van der Waals surface area contributed by atoms with Crippen molar-refractivity contribution in [1.29, 1.82) is 0 Å². The Kier molecular flexibility index (Phi) is 6.19. The van der Waals surface area contributed by atoms with Crippen molar-refractivity contribution in [1.82, 2.24) is 5.43 Å². The molecule has 118 valence electrons. The molecule has 0 spiro atoms. The number of nitrogens with one attached hydrogen (secondary N) is 2. The Hall–Kier alpha value is -2.31. The molecule has 0 aliphatic heterocycles. The molecule has 0 unspecified atom stereocenters. The number of hydrazone groups is 1. The van der Waals surface area contributed by atoms with Gasteiger partial charge in [0.2, 0.25) is 0 Å². The largest absolute Gasteiger partial charge is 0.329 e. The van der Waals surface area contributed by atoms with Gasteiger partial charge >= 0.3 is 11.8 Å². The lowest BCUT2D eigenvalue weighted by Gasteiger charge is -2.05. The molecule has 0 saturated carbocycles. The van der Waals surface area contributed by atoms with Crippen LogP contribution in [0.15, 0.2) is 58.5 Å². The summed E-state index contributed by atoms with van der Waals surface area (Å²) in [6.07, 6.45) is 3.45. The summed E-state index contributed by atoms with van der Waals surface area (Å²) < 4.78 is 0. The van der Waals surface area contributed by atoms with E-state index >= 15 is 0 Å². The van der Waals surface area contributed by atoms with Gasteiger partial charge in [0.25, 0.3) is 0 Å². The number of nitrogens with zero attached hydrogens (tertiary/aromatic N) is 1. The van der Waals surface area contributed by atoms with Crippen molar-refractivity contribution < 1.29 is 9.59 Å². The highest BCUT2D eigenvalue weighted by Gasteiger charge is 2.13. The zero-order chi connectivity index (χ0) is 16.7. The topological polar surface area (TPSA) is 70.6 Å². The van der Waals surface area contributed by atoms with E-state index in [1.165, 1.54) is 6.21 Å². The van der Waals surface area contributed by atoms with Gasteiger partial charge in [0.1, 0.15) is 0 Å². The Balaban J connectivity index is 1.89. The van der Waals surface area contributed by atoms with Crippen molar-refractivity contribution in [2.45, 2.75) is 4.90 Å². The number of carbonyl (C=O) groups is 2. The highest BCUT2D eigenvalue weighted by Crippen LogP contribution is 2.20. The van der Waals surface area contributed by atoms with Crippen LogP contribution in [0.5, 0.6) is 0 Å². The van der Waals surface area contributed by atoms with Gasteiger partial charge in [-0.3, -0.25) is 9.59 Å². The van der Waals surface area contributed by atoms with Crippen LogP contribution in [0.4, 0.5) is 5.69 Å². The Morgan fingerprint density at radius 1 is 1.09 bits per heavy atom. The fourth-order valence-corrected chi connectivity index (χ4v) is 2.24. The van der Waals surface area contributed by atoms with Crippen LogP contribution in [0.2, 0.25) is 5.02 Å². The standard InChI is InChI=1S/C16H14ClN3O2S/c1-23-12-8-6-11(7-9-12)10-18-20-16(22)15(21)19-14-5-3-2-4-13(14)17/h2-10H,1H3,(H,19,21)(H,20,22)/b18-10-. The van der Waals surface area contributed by atoms with Crippen molar-refractivity contribution in [2.75, 3.05) is 11.6 Å². The lowest BCUT2D eigenvalue weighted by molar-refractivity contribution is -0.136. The Bertz CT molecular complexity index is 732. The molecule has 2 rings (SSSR count). The lowest BCUT2D eigenvalue weighted by Crippen LogP contribution is -2.32. The third-order valence-corrected chi connectivity index (χ3v) is 3.90. The normalized spacial score (nSPS) is 10.5. The van der Waals surface area contributed by atoms with E-state index in [1.807, 2.05) is 30.5 Å². The number of rotatable bonds is 4. The van der Waals surface area contributed by atoms with Crippen molar-refractivity contribution in [2.24, 2.45) is 5.10 Å². The average molecular weight is 348 g/mol. The summed E-state index contributed by atoms with van der Waals surface area (Å²) in [5, 5.41) is 6.52. The van der Waals surface area contributed by atoms with Crippen LogP contribution in [0.25, 0.3) is 0 Å². The quantitative estimate of drug-likeness (QED) is 0.386. The Labute approximate surface area is 143 Å². The van der Waals surface area contributed by atoms with Gasteiger partial charge in [0.15, 0.2) is 0 Å². The van der Waals surface area contributed by atoms with Crippen LogP contribution in [0.1, 0.15) is 5.56 Å². The number of carbonyl (C=O) groups excluding carboxylic acids is 2. The number of hydrogen-bond donors (Lipinski definition) is 2. The number of benzene rings is 2. The fraction of sp³-hybridized carbons (Fsp3) is 0.0625. The van der Waals surface area contributed by atoms with Crippen LogP contribution in [0, 0.1) is 0 Å². The molecule has 0 saturated heterocycles. The van der Waals surface area contributed by atoms with E-state index in [0.29, 0.717) is 10.7 Å². The van der Waals surface area contributed by atoms with Gasteiger partial charge in [0, 0.05) is 4.90 Å². The SMILES string of the molecule is CSc1ccc(/C=N\NC(=O)C(=O)Nc2ccccc2Cl)cc1. The molecule has 5 nitrogen and oxygen atoms in total. The predicted octanol–water partition coefficient (Wildman–Crippen LogP) is 3.15. The van der Waals surface area contributed by atoms with E-state index in [9.17, 15) is 9.59 Å². The number of para-hydroxylation sites is 1. The predicted molar refractivity (Wildman–Crippen MR) is 94.0 cm³/mol. The van der Waals surface area contributed by atoms with Crippen LogP contribution >= 0.6 is 23.4 Å². The maximum absolute atomic E-state index is 11.7. The van der Waals surface area contributed by atoms with Gasteiger partial charge in [-0.25, -0.2) is 5.43 Å². The third kappa shape index (κ3) is 5.12. The van der Waals surface area contributed by atoms with E-state index < -0.39 is 11.8 Å². The molecule has 0 fully saturated rings. The number of thioether (sulfide) groups is 1. The van der Waals surface area contributed by atoms with Crippen molar-refractivity contribution in [3.05, 3.63) is 59.1 Å². The van der Waals surface area contributed by atoms with E-state index in [1.54, 1.807) is 36.0 Å². The Morgan fingerprint density at radius 3 is 2.43 bits per heavy atom. The first-order chi connectivity index (χ1) is 11.1. The summed E-state index contributed by atoms with van der Waals surface area (Å²) in [6, 6.07) is 14.3. The monoisotopic (exact) mass is 347 g/mol. The minimum absolute atomic E-state index is 0.353. The molecule has 2 N–H and O–H groups in total. The molecule has 0 aromatic heterocycles. The third-order valence-electron chi connectivity index (χ3n) is 2.82. The number of anilines is 1. The number of halogens is 1. The highest BCUT2D eigenvalue weighted by atomic mass is 35.5. The first-order valence-electron chi connectivity index (χ1n) is 6.63. The molecule has 2 aromatic carbocycles. The second-order valence-corrected chi connectivity index (χ2v) is 5.69. The van der Waals surface area contributed by atoms with Gasteiger partial charge in [0.05, 0.1) is 16.9 Å². The van der Waals surface area contributed by atoms with Crippen LogP contribution in [0.3, 0.4) is 0 Å². The first kappa shape index (κ1) is 17.1. The van der Waals surface area contributed by atoms with E-state index in [2.05, 4.69) is 15.8 Å². The molecule has 2 aromatic rings.